The number of benzene rings is 1. The quantitative estimate of drug-likeness (QED) is 0.680. The molecule has 0 aliphatic carbocycles. The molecule has 0 aliphatic rings. The molecule has 4 heteroatoms. The highest BCUT2D eigenvalue weighted by molar-refractivity contribution is 7.19. The van der Waals surface area contributed by atoms with Crippen LogP contribution in [-0.4, -0.2) is 0 Å². The highest BCUT2D eigenvalue weighted by Crippen LogP contribution is 2.28. The summed E-state index contributed by atoms with van der Waals surface area (Å²) in [5.74, 6) is -0.156. The number of nitrogens with zero attached hydrogens (tertiary/aromatic N) is 1. The van der Waals surface area contributed by atoms with Crippen LogP contribution in [0, 0.1) is 17.1 Å². The number of hydrogen-bond donors (Lipinski definition) is 0. The van der Waals surface area contributed by atoms with Crippen LogP contribution < -0.4 is 0 Å². The molecule has 0 radical (unpaired) electrons. The molecule has 2 rings (SSSR count). The molecule has 1 heterocycles. The van der Waals surface area contributed by atoms with Crippen LogP contribution in [0.2, 0.25) is 0 Å². The van der Waals surface area contributed by atoms with E-state index in [1.165, 1.54) is 17.4 Å². The van der Waals surface area contributed by atoms with Gasteiger partial charge in [0, 0.05) is 10.3 Å². The summed E-state index contributed by atoms with van der Waals surface area (Å²) < 4.78 is 14.2. The lowest BCUT2D eigenvalue weighted by Crippen LogP contribution is -1.83. The smallest absolute Gasteiger partial charge is 0.128 e. The Balaban J connectivity index is 2.71. The van der Waals surface area contributed by atoms with Gasteiger partial charge in [0.05, 0.1) is 5.88 Å². The summed E-state index contributed by atoms with van der Waals surface area (Å²) in [5, 5.41) is 9.44. The molecule has 0 unspecified atom stereocenters. The fourth-order valence-electron chi connectivity index (χ4n) is 1.26. The summed E-state index contributed by atoms with van der Waals surface area (Å²) in [7, 11) is 0. The van der Waals surface area contributed by atoms with Gasteiger partial charge in [0.15, 0.2) is 0 Å². The predicted octanol–water partition coefficient (Wildman–Crippen LogP) is 3.65. The van der Waals surface area contributed by atoms with Crippen LogP contribution >= 0.6 is 22.9 Å². The van der Waals surface area contributed by atoms with Crippen molar-refractivity contribution in [2.24, 2.45) is 0 Å². The largest absolute Gasteiger partial charge is 0.207 e. The Morgan fingerprint density at radius 1 is 1.43 bits per heavy atom. The monoisotopic (exact) mass is 225 g/mol. The molecule has 1 nitrogen and oxygen atoms in total. The van der Waals surface area contributed by atoms with Crippen molar-refractivity contribution in [2.75, 3.05) is 0 Å². The van der Waals surface area contributed by atoms with Crippen LogP contribution in [0.15, 0.2) is 18.2 Å². The van der Waals surface area contributed by atoms with Crippen LogP contribution in [0.25, 0.3) is 10.1 Å². The molecule has 70 valence electrons. The molecular weight excluding hydrogens is 221 g/mol. The van der Waals surface area contributed by atoms with E-state index in [1.807, 2.05) is 6.07 Å². The zero-order valence-corrected chi connectivity index (χ0v) is 8.62. The van der Waals surface area contributed by atoms with E-state index in [1.54, 1.807) is 12.1 Å². The second-order valence-corrected chi connectivity index (χ2v) is 4.19. The molecule has 1 aromatic carbocycles. The first-order chi connectivity index (χ1) is 6.74. The minimum atomic E-state index is -0.310. The van der Waals surface area contributed by atoms with Crippen molar-refractivity contribution in [3.63, 3.8) is 0 Å². The van der Waals surface area contributed by atoms with E-state index in [0.29, 0.717) is 10.4 Å². The molecule has 0 aliphatic heterocycles. The van der Waals surface area contributed by atoms with E-state index in [-0.39, 0.29) is 11.7 Å². The Kier molecular flexibility index (Phi) is 2.40. The van der Waals surface area contributed by atoms with Gasteiger partial charge in [-0.05, 0) is 23.6 Å². The van der Waals surface area contributed by atoms with Crippen molar-refractivity contribution < 1.29 is 4.39 Å². The van der Waals surface area contributed by atoms with E-state index in [9.17, 15) is 4.39 Å². The molecule has 2 aromatic rings. The molecule has 0 spiro atoms. The van der Waals surface area contributed by atoms with E-state index < -0.39 is 0 Å². The molecule has 0 amide bonds. The first kappa shape index (κ1) is 9.45. The highest BCUT2D eigenvalue weighted by atomic mass is 35.5. The Labute approximate surface area is 89.3 Å². The lowest BCUT2D eigenvalue weighted by molar-refractivity contribution is 0.619. The van der Waals surface area contributed by atoms with Gasteiger partial charge in [-0.25, -0.2) is 4.39 Å². The van der Waals surface area contributed by atoms with Crippen molar-refractivity contribution in [2.45, 2.75) is 5.88 Å². The third-order valence-corrected chi connectivity index (χ3v) is 3.23. The van der Waals surface area contributed by atoms with Crippen LogP contribution in [0.3, 0.4) is 0 Å². The summed E-state index contributed by atoms with van der Waals surface area (Å²) in [6.45, 7) is 0. The Morgan fingerprint density at radius 2 is 2.21 bits per heavy atom. The van der Waals surface area contributed by atoms with Gasteiger partial charge < -0.3 is 0 Å². The van der Waals surface area contributed by atoms with E-state index >= 15 is 0 Å². The van der Waals surface area contributed by atoms with E-state index in [4.69, 9.17) is 16.9 Å². The topological polar surface area (TPSA) is 23.8 Å². The Bertz CT molecular complexity index is 527. The van der Waals surface area contributed by atoms with Gasteiger partial charge in [0.2, 0.25) is 0 Å². The van der Waals surface area contributed by atoms with Crippen LogP contribution in [0.1, 0.15) is 10.4 Å². The average molecular weight is 226 g/mol. The maximum atomic E-state index is 13.3. The summed E-state index contributed by atoms with van der Waals surface area (Å²) in [6.07, 6.45) is 0. The highest BCUT2D eigenvalue weighted by Gasteiger charge is 2.06. The van der Waals surface area contributed by atoms with Gasteiger partial charge in [0.25, 0.3) is 0 Å². The zero-order chi connectivity index (χ0) is 10.1. The maximum Gasteiger partial charge on any atom is 0.128 e. The third-order valence-electron chi connectivity index (χ3n) is 1.94. The van der Waals surface area contributed by atoms with E-state index in [2.05, 4.69) is 0 Å². The summed E-state index contributed by atoms with van der Waals surface area (Å²) in [6, 6.07) is 6.84. The fourth-order valence-corrected chi connectivity index (χ4v) is 2.37. The molecule has 0 bridgehead atoms. The first-order valence-electron chi connectivity index (χ1n) is 3.92. The number of thiophene rings is 1. The second-order valence-electron chi connectivity index (χ2n) is 2.84. The lowest BCUT2D eigenvalue weighted by Gasteiger charge is -1.97. The summed E-state index contributed by atoms with van der Waals surface area (Å²) in [5.41, 5.74) is 0.477. The van der Waals surface area contributed by atoms with E-state index in [0.717, 1.165) is 10.1 Å². The molecule has 0 saturated carbocycles. The average Bonchev–Trinajstić information content (AvgIpc) is 2.58. The molecule has 0 fully saturated rings. The van der Waals surface area contributed by atoms with Gasteiger partial charge in [-0.1, -0.05) is 0 Å². The first-order valence-corrected chi connectivity index (χ1v) is 5.27. The predicted molar refractivity (Wildman–Crippen MR) is 56.1 cm³/mol. The normalized spacial score (nSPS) is 10.4. The van der Waals surface area contributed by atoms with Crippen LogP contribution in [0.4, 0.5) is 4.39 Å². The molecule has 0 N–H and O–H groups in total. The van der Waals surface area contributed by atoms with Gasteiger partial charge in [-0.3, -0.25) is 0 Å². The SMILES string of the molecule is N#Cc1cc2cc(F)c(CCl)cc2s1. The number of nitriles is 1. The standard InChI is InChI=1S/C10H5ClFNS/c11-4-7-3-10-6(2-9(7)12)1-8(5-13)14-10/h1-3H,4H2. The molecule has 14 heavy (non-hydrogen) atoms. The molecule has 0 saturated heterocycles. The third kappa shape index (κ3) is 1.47. The minimum Gasteiger partial charge on any atom is -0.207 e. The Hall–Kier alpha value is -1.11. The lowest BCUT2D eigenvalue weighted by atomic mass is 10.2. The molecule has 1 aromatic heterocycles. The van der Waals surface area contributed by atoms with Crippen molar-refractivity contribution >= 4 is 33.0 Å². The van der Waals surface area contributed by atoms with Crippen LogP contribution in [0.5, 0.6) is 0 Å². The van der Waals surface area contributed by atoms with Gasteiger partial charge in [0.1, 0.15) is 16.8 Å². The van der Waals surface area contributed by atoms with Crippen molar-refractivity contribution in [3.05, 3.63) is 34.5 Å². The van der Waals surface area contributed by atoms with Crippen molar-refractivity contribution in [3.8, 4) is 6.07 Å². The number of halogens is 2. The van der Waals surface area contributed by atoms with Gasteiger partial charge >= 0.3 is 0 Å². The van der Waals surface area contributed by atoms with Gasteiger partial charge in [-0.15, -0.1) is 22.9 Å². The number of hydrogen-bond acceptors (Lipinski definition) is 2. The number of alkyl halides is 1. The minimum absolute atomic E-state index is 0.154. The Morgan fingerprint density at radius 3 is 2.86 bits per heavy atom. The van der Waals surface area contributed by atoms with Crippen molar-refractivity contribution in [1.82, 2.24) is 0 Å². The fraction of sp³-hybridized carbons (Fsp3) is 0.100. The second kappa shape index (κ2) is 3.56. The molecule has 0 atom stereocenters. The summed E-state index contributed by atoms with van der Waals surface area (Å²) in [4.78, 5) is 0.589. The molecular formula is C10H5ClFNS. The summed E-state index contributed by atoms with van der Waals surface area (Å²) >= 11 is 6.92. The zero-order valence-electron chi connectivity index (χ0n) is 7.05. The van der Waals surface area contributed by atoms with Crippen molar-refractivity contribution in [1.29, 1.82) is 5.26 Å². The number of fused-ring (bicyclic) bond motifs is 1. The number of rotatable bonds is 1. The van der Waals surface area contributed by atoms with Crippen LogP contribution in [-0.2, 0) is 5.88 Å². The maximum absolute atomic E-state index is 13.3. The van der Waals surface area contributed by atoms with Gasteiger partial charge in [-0.2, -0.15) is 5.26 Å².